The van der Waals surface area contributed by atoms with Gasteiger partial charge in [-0.2, -0.15) is 0 Å². The van der Waals surface area contributed by atoms with Gasteiger partial charge in [-0.15, -0.1) is 0 Å². The Hall–Kier alpha value is -2.18. The van der Waals surface area contributed by atoms with Crippen LogP contribution in [0.1, 0.15) is 284 Å². The maximum absolute atomic E-state index is 12.4. The van der Waals surface area contributed by atoms with Gasteiger partial charge in [-0.05, 0) is 89.9 Å². The highest BCUT2D eigenvalue weighted by atomic mass is 16.5. The van der Waals surface area contributed by atoms with Crippen molar-refractivity contribution in [2.45, 2.75) is 296 Å². The highest BCUT2D eigenvalue weighted by Gasteiger charge is 2.18. The number of ether oxygens (including phenoxy) is 1. The van der Waals surface area contributed by atoms with Gasteiger partial charge in [0.25, 0.3) is 0 Å². The van der Waals surface area contributed by atoms with Crippen LogP contribution < -0.4 is 5.32 Å². The molecule has 0 aromatic carbocycles. The third kappa shape index (κ3) is 49.3. The maximum Gasteiger partial charge on any atom is 0.305 e. The van der Waals surface area contributed by atoms with Gasteiger partial charge < -0.3 is 20.3 Å². The zero-order valence-corrected chi connectivity index (χ0v) is 42.5. The van der Waals surface area contributed by atoms with Crippen LogP contribution in [-0.2, 0) is 14.3 Å². The van der Waals surface area contributed by atoms with Crippen molar-refractivity contribution in [1.29, 1.82) is 0 Å². The molecule has 2 unspecified atom stereocenters. The van der Waals surface area contributed by atoms with E-state index in [9.17, 15) is 19.8 Å². The second-order valence-corrected chi connectivity index (χ2v) is 18.9. The molecule has 0 aliphatic carbocycles. The fourth-order valence-corrected chi connectivity index (χ4v) is 8.25. The Labute approximate surface area is 397 Å². The van der Waals surface area contributed by atoms with Crippen molar-refractivity contribution in [3.05, 3.63) is 48.6 Å². The van der Waals surface area contributed by atoms with E-state index < -0.39 is 12.1 Å². The van der Waals surface area contributed by atoms with Crippen LogP contribution in [0.5, 0.6) is 0 Å². The van der Waals surface area contributed by atoms with E-state index in [0.717, 1.165) is 70.6 Å². The number of allylic oxidation sites excluding steroid dienone is 7. The number of rotatable bonds is 51. The normalized spacial score (nSPS) is 13.0. The number of esters is 1. The first-order valence-electron chi connectivity index (χ1n) is 27.9. The molecule has 64 heavy (non-hydrogen) atoms. The summed E-state index contributed by atoms with van der Waals surface area (Å²) < 4.78 is 5.47. The number of aliphatic hydroxyl groups is 2. The summed E-state index contributed by atoms with van der Waals surface area (Å²) in [5.74, 6) is -0.0985. The number of hydrogen-bond donors (Lipinski definition) is 3. The van der Waals surface area contributed by atoms with Gasteiger partial charge >= 0.3 is 5.97 Å². The molecule has 0 heterocycles. The standard InChI is InChI=1S/C58H107NO5/c1-3-5-7-9-11-13-15-17-18-19-20-24-28-32-36-40-44-48-52-58(63)64-53-49-45-41-37-33-29-25-22-21-23-27-31-35-39-43-47-51-57(62)59-55(54-60)56(61)50-46-42-38-34-30-26-16-14-12-10-8-6-4-2/h13,15,18-19,21,23,46,50,55-56,60-61H,3-12,14,16-17,20,22,24-45,47-49,51-54H2,1-2H3,(H,59,62)/b15-13-,19-18-,23-21-,50-46+. The molecular formula is C58H107NO5. The van der Waals surface area contributed by atoms with E-state index in [4.69, 9.17) is 4.74 Å². The van der Waals surface area contributed by atoms with Crippen LogP contribution in [0.3, 0.4) is 0 Å². The molecule has 0 spiro atoms. The molecule has 0 bridgehead atoms. The van der Waals surface area contributed by atoms with Gasteiger partial charge in [0.1, 0.15) is 0 Å². The summed E-state index contributed by atoms with van der Waals surface area (Å²) >= 11 is 0. The van der Waals surface area contributed by atoms with Crippen molar-refractivity contribution < 1.29 is 24.5 Å². The molecule has 3 N–H and O–H groups in total. The molecule has 1 amide bonds. The molecule has 6 nitrogen and oxygen atoms in total. The van der Waals surface area contributed by atoms with E-state index >= 15 is 0 Å². The molecule has 0 radical (unpaired) electrons. The van der Waals surface area contributed by atoms with Crippen molar-refractivity contribution in [3.8, 4) is 0 Å². The summed E-state index contributed by atoms with van der Waals surface area (Å²) in [6.07, 6.45) is 66.9. The minimum absolute atomic E-state index is 0.0119. The van der Waals surface area contributed by atoms with Crippen LogP contribution in [0.2, 0.25) is 0 Å². The largest absolute Gasteiger partial charge is 0.466 e. The summed E-state index contributed by atoms with van der Waals surface area (Å²) in [4.78, 5) is 24.5. The Kier molecular flexibility index (Phi) is 51.6. The van der Waals surface area contributed by atoms with Crippen molar-refractivity contribution in [1.82, 2.24) is 5.32 Å². The number of carbonyl (C=O) groups excluding carboxylic acids is 2. The Morgan fingerprint density at radius 2 is 0.781 bits per heavy atom. The first kappa shape index (κ1) is 61.8. The SMILES string of the molecule is CCCCCC/C=C\C/C=C\CCCCCCCCCC(=O)OCCCCCCCCC/C=C\CCCCCCCC(=O)NC(CO)C(O)/C=C/CCCCCCCCCCCCC. The molecule has 0 aliphatic rings. The van der Waals surface area contributed by atoms with Gasteiger partial charge in [0.05, 0.1) is 25.4 Å². The lowest BCUT2D eigenvalue weighted by Crippen LogP contribution is -2.45. The van der Waals surface area contributed by atoms with Crippen molar-refractivity contribution in [2.75, 3.05) is 13.2 Å². The summed E-state index contributed by atoms with van der Waals surface area (Å²) in [5.41, 5.74) is 0. The lowest BCUT2D eigenvalue weighted by atomic mass is 10.0. The lowest BCUT2D eigenvalue weighted by molar-refractivity contribution is -0.143. The van der Waals surface area contributed by atoms with Crippen LogP contribution in [0, 0.1) is 0 Å². The third-order valence-electron chi connectivity index (χ3n) is 12.6. The van der Waals surface area contributed by atoms with Gasteiger partial charge in [-0.3, -0.25) is 9.59 Å². The fourth-order valence-electron chi connectivity index (χ4n) is 8.25. The van der Waals surface area contributed by atoms with Crippen LogP contribution >= 0.6 is 0 Å². The van der Waals surface area contributed by atoms with Gasteiger partial charge in [0.2, 0.25) is 5.91 Å². The van der Waals surface area contributed by atoms with Crippen molar-refractivity contribution >= 4 is 11.9 Å². The summed E-state index contributed by atoms with van der Waals surface area (Å²) in [5, 5.41) is 23.0. The quantitative estimate of drug-likeness (QED) is 0.0321. The number of carbonyl (C=O) groups is 2. The van der Waals surface area contributed by atoms with Crippen LogP contribution in [0.25, 0.3) is 0 Å². The molecular weight excluding hydrogens is 791 g/mol. The van der Waals surface area contributed by atoms with Crippen LogP contribution in [-0.4, -0.2) is 47.4 Å². The monoisotopic (exact) mass is 898 g/mol. The Balaban J connectivity index is 3.49. The minimum Gasteiger partial charge on any atom is -0.466 e. The lowest BCUT2D eigenvalue weighted by Gasteiger charge is -2.20. The predicted molar refractivity (Wildman–Crippen MR) is 278 cm³/mol. The minimum atomic E-state index is -0.855. The van der Waals surface area contributed by atoms with Crippen molar-refractivity contribution in [2.24, 2.45) is 0 Å². The average Bonchev–Trinajstić information content (AvgIpc) is 3.29. The van der Waals surface area contributed by atoms with Gasteiger partial charge in [0, 0.05) is 12.8 Å². The molecule has 0 aromatic heterocycles. The first-order valence-corrected chi connectivity index (χ1v) is 27.9. The molecule has 0 rings (SSSR count). The molecule has 0 saturated heterocycles. The zero-order valence-electron chi connectivity index (χ0n) is 42.5. The van der Waals surface area contributed by atoms with E-state index in [0.29, 0.717) is 19.4 Å². The second kappa shape index (κ2) is 53.4. The molecule has 0 fully saturated rings. The second-order valence-electron chi connectivity index (χ2n) is 18.9. The van der Waals surface area contributed by atoms with Crippen molar-refractivity contribution in [3.63, 3.8) is 0 Å². The summed E-state index contributed by atoms with van der Waals surface area (Å²) in [6.45, 7) is 4.85. The van der Waals surface area contributed by atoms with E-state index in [1.165, 1.54) is 186 Å². The Morgan fingerprint density at radius 3 is 1.22 bits per heavy atom. The van der Waals surface area contributed by atoms with Gasteiger partial charge in [-0.25, -0.2) is 0 Å². The van der Waals surface area contributed by atoms with Crippen LogP contribution in [0.4, 0.5) is 0 Å². The Bertz CT molecular complexity index is 1080. The van der Waals surface area contributed by atoms with E-state index in [-0.39, 0.29) is 18.5 Å². The van der Waals surface area contributed by atoms with E-state index in [1.54, 1.807) is 6.08 Å². The molecule has 374 valence electrons. The highest BCUT2D eigenvalue weighted by molar-refractivity contribution is 5.76. The highest BCUT2D eigenvalue weighted by Crippen LogP contribution is 2.15. The number of amides is 1. The number of hydrogen-bond acceptors (Lipinski definition) is 5. The number of nitrogens with one attached hydrogen (secondary N) is 1. The average molecular weight is 898 g/mol. The molecule has 0 aliphatic heterocycles. The van der Waals surface area contributed by atoms with E-state index in [2.05, 4.69) is 55.6 Å². The molecule has 0 aromatic rings. The molecule has 2 atom stereocenters. The van der Waals surface area contributed by atoms with Crippen LogP contribution in [0.15, 0.2) is 48.6 Å². The summed E-state index contributed by atoms with van der Waals surface area (Å²) in [7, 11) is 0. The summed E-state index contributed by atoms with van der Waals surface area (Å²) in [6, 6.07) is -0.640. The van der Waals surface area contributed by atoms with E-state index in [1.807, 2.05) is 6.08 Å². The molecule has 6 heteroatoms. The smallest absolute Gasteiger partial charge is 0.305 e. The third-order valence-corrected chi connectivity index (χ3v) is 12.6. The first-order chi connectivity index (χ1) is 31.5. The predicted octanol–water partition coefficient (Wildman–Crippen LogP) is 17.0. The fraction of sp³-hybridized carbons (Fsp3) is 0.828. The van der Waals surface area contributed by atoms with Gasteiger partial charge in [0.15, 0.2) is 0 Å². The number of unbranched alkanes of at least 4 members (excludes halogenated alkanes) is 34. The topological polar surface area (TPSA) is 95.9 Å². The zero-order chi connectivity index (χ0) is 46.5. The molecule has 0 saturated carbocycles. The Morgan fingerprint density at radius 1 is 0.438 bits per heavy atom. The number of aliphatic hydroxyl groups excluding tert-OH is 2. The van der Waals surface area contributed by atoms with Gasteiger partial charge in [-0.1, -0.05) is 229 Å². The maximum atomic E-state index is 12.4.